The molecule has 3 heteroatoms. The predicted octanol–water partition coefficient (Wildman–Crippen LogP) is 3.49. The van der Waals surface area contributed by atoms with Crippen LogP contribution < -0.4 is 0 Å². The van der Waals surface area contributed by atoms with Crippen LogP contribution in [-0.2, 0) is 16.1 Å². The minimum absolute atomic E-state index is 0.00210. The molecule has 1 aliphatic heterocycles. The molecule has 0 spiro atoms. The first kappa shape index (κ1) is 11.1. The fourth-order valence-electron chi connectivity index (χ4n) is 1.66. The third kappa shape index (κ3) is 3.59. The normalized spacial score (nSPS) is 21.5. The van der Waals surface area contributed by atoms with Crippen molar-refractivity contribution < 1.29 is 9.47 Å². The first-order valence-electron chi connectivity index (χ1n) is 5.32. The molecule has 0 N–H and O–H groups in total. The van der Waals surface area contributed by atoms with Gasteiger partial charge in [-0.05, 0) is 37.0 Å². The predicted molar refractivity (Wildman–Crippen MR) is 62.5 cm³/mol. The lowest BCUT2D eigenvalue weighted by atomic mass is 10.2. The maximum Gasteiger partial charge on any atom is 0.158 e. The molecular formula is C12H15BrO2. The molecule has 82 valence electrons. The van der Waals surface area contributed by atoms with E-state index in [0.29, 0.717) is 6.61 Å². The standard InChI is InChI=1S/C12H15BrO2/c13-11-5-3-4-10(8-11)9-15-12-6-1-2-7-14-12/h3-5,8,12H,1-2,6-7,9H2/t12-/m0/s1. The number of hydrogen-bond acceptors (Lipinski definition) is 2. The van der Waals surface area contributed by atoms with Crippen molar-refractivity contribution in [2.24, 2.45) is 0 Å². The van der Waals surface area contributed by atoms with E-state index in [1.165, 1.54) is 12.0 Å². The second kappa shape index (κ2) is 5.64. The van der Waals surface area contributed by atoms with Crippen molar-refractivity contribution in [2.45, 2.75) is 32.2 Å². The Balaban J connectivity index is 1.81. The van der Waals surface area contributed by atoms with Crippen molar-refractivity contribution >= 4 is 15.9 Å². The van der Waals surface area contributed by atoms with Crippen molar-refractivity contribution in [3.63, 3.8) is 0 Å². The van der Waals surface area contributed by atoms with Gasteiger partial charge in [-0.2, -0.15) is 0 Å². The molecule has 1 heterocycles. The van der Waals surface area contributed by atoms with Gasteiger partial charge in [-0.3, -0.25) is 0 Å². The molecule has 0 unspecified atom stereocenters. The molecule has 15 heavy (non-hydrogen) atoms. The van der Waals surface area contributed by atoms with E-state index in [1.807, 2.05) is 12.1 Å². The first-order chi connectivity index (χ1) is 7.34. The van der Waals surface area contributed by atoms with E-state index in [1.54, 1.807) is 0 Å². The van der Waals surface area contributed by atoms with Crippen LogP contribution in [0.3, 0.4) is 0 Å². The summed E-state index contributed by atoms with van der Waals surface area (Å²) >= 11 is 3.44. The summed E-state index contributed by atoms with van der Waals surface area (Å²) in [6.45, 7) is 1.47. The van der Waals surface area contributed by atoms with E-state index in [0.717, 1.165) is 23.9 Å². The molecule has 0 aliphatic carbocycles. The Kier molecular flexibility index (Phi) is 4.18. The maximum atomic E-state index is 5.68. The minimum Gasteiger partial charge on any atom is -0.353 e. The van der Waals surface area contributed by atoms with Crippen LogP contribution in [0.5, 0.6) is 0 Å². The topological polar surface area (TPSA) is 18.5 Å². The van der Waals surface area contributed by atoms with E-state index in [4.69, 9.17) is 9.47 Å². The Morgan fingerprint density at radius 1 is 1.40 bits per heavy atom. The van der Waals surface area contributed by atoms with Gasteiger partial charge in [-0.25, -0.2) is 0 Å². The summed E-state index contributed by atoms with van der Waals surface area (Å²) in [5, 5.41) is 0. The Hall–Kier alpha value is -0.380. The van der Waals surface area contributed by atoms with Gasteiger partial charge < -0.3 is 9.47 Å². The fourth-order valence-corrected chi connectivity index (χ4v) is 2.11. The van der Waals surface area contributed by atoms with Gasteiger partial charge >= 0.3 is 0 Å². The van der Waals surface area contributed by atoms with Crippen LogP contribution in [0.25, 0.3) is 0 Å². The van der Waals surface area contributed by atoms with Crippen molar-refractivity contribution in [3.05, 3.63) is 34.3 Å². The number of benzene rings is 1. The molecule has 1 atom stereocenters. The van der Waals surface area contributed by atoms with E-state index < -0.39 is 0 Å². The molecule has 0 bridgehead atoms. The van der Waals surface area contributed by atoms with Gasteiger partial charge in [0, 0.05) is 11.1 Å². The van der Waals surface area contributed by atoms with Gasteiger partial charge in [0.15, 0.2) is 6.29 Å². The van der Waals surface area contributed by atoms with Crippen molar-refractivity contribution in [3.8, 4) is 0 Å². The van der Waals surface area contributed by atoms with Gasteiger partial charge in [-0.1, -0.05) is 28.1 Å². The second-order valence-electron chi connectivity index (χ2n) is 3.74. The Labute approximate surface area is 98.7 Å². The van der Waals surface area contributed by atoms with Crippen LogP contribution in [0.2, 0.25) is 0 Å². The Morgan fingerprint density at radius 2 is 2.33 bits per heavy atom. The van der Waals surface area contributed by atoms with Crippen LogP contribution in [-0.4, -0.2) is 12.9 Å². The lowest BCUT2D eigenvalue weighted by molar-refractivity contribution is -0.168. The molecule has 0 saturated carbocycles. The average Bonchev–Trinajstić information content (AvgIpc) is 2.28. The highest BCUT2D eigenvalue weighted by atomic mass is 79.9. The van der Waals surface area contributed by atoms with Gasteiger partial charge in [0.25, 0.3) is 0 Å². The van der Waals surface area contributed by atoms with Gasteiger partial charge in [0.05, 0.1) is 6.61 Å². The van der Waals surface area contributed by atoms with Gasteiger partial charge in [0.2, 0.25) is 0 Å². The fraction of sp³-hybridized carbons (Fsp3) is 0.500. The summed E-state index contributed by atoms with van der Waals surface area (Å²) < 4.78 is 12.3. The van der Waals surface area contributed by atoms with Gasteiger partial charge in [-0.15, -0.1) is 0 Å². The summed E-state index contributed by atoms with van der Waals surface area (Å²) in [6.07, 6.45) is 3.39. The zero-order chi connectivity index (χ0) is 10.5. The highest BCUT2D eigenvalue weighted by molar-refractivity contribution is 9.10. The summed E-state index contributed by atoms with van der Waals surface area (Å²) in [5.41, 5.74) is 1.18. The Morgan fingerprint density at radius 3 is 3.07 bits per heavy atom. The van der Waals surface area contributed by atoms with E-state index in [9.17, 15) is 0 Å². The van der Waals surface area contributed by atoms with E-state index in [-0.39, 0.29) is 6.29 Å². The number of hydrogen-bond donors (Lipinski definition) is 0. The highest BCUT2D eigenvalue weighted by Gasteiger charge is 2.13. The Bertz CT molecular complexity index is 308. The lowest BCUT2D eigenvalue weighted by Crippen LogP contribution is -2.21. The molecule has 0 aromatic heterocycles. The van der Waals surface area contributed by atoms with Crippen LogP contribution in [0.15, 0.2) is 28.7 Å². The second-order valence-corrected chi connectivity index (χ2v) is 4.65. The van der Waals surface area contributed by atoms with E-state index >= 15 is 0 Å². The smallest absolute Gasteiger partial charge is 0.158 e. The zero-order valence-electron chi connectivity index (χ0n) is 8.62. The molecule has 0 radical (unpaired) electrons. The van der Waals surface area contributed by atoms with Crippen LogP contribution in [0.4, 0.5) is 0 Å². The summed E-state index contributed by atoms with van der Waals surface area (Å²) in [7, 11) is 0. The monoisotopic (exact) mass is 270 g/mol. The molecule has 2 nitrogen and oxygen atoms in total. The maximum absolute atomic E-state index is 5.68. The third-order valence-corrected chi connectivity index (χ3v) is 2.96. The molecule has 1 saturated heterocycles. The summed E-state index contributed by atoms with van der Waals surface area (Å²) in [6, 6.07) is 8.17. The van der Waals surface area contributed by atoms with Crippen LogP contribution in [0.1, 0.15) is 24.8 Å². The summed E-state index contributed by atoms with van der Waals surface area (Å²) in [4.78, 5) is 0. The highest BCUT2D eigenvalue weighted by Crippen LogP contribution is 2.17. The zero-order valence-corrected chi connectivity index (χ0v) is 10.2. The number of rotatable bonds is 3. The van der Waals surface area contributed by atoms with Crippen LogP contribution >= 0.6 is 15.9 Å². The molecule has 2 rings (SSSR count). The van der Waals surface area contributed by atoms with Crippen molar-refractivity contribution in [1.82, 2.24) is 0 Å². The van der Waals surface area contributed by atoms with Crippen molar-refractivity contribution in [1.29, 1.82) is 0 Å². The first-order valence-corrected chi connectivity index (χ1v) is 6.11. The molecule has 1 aliphatic rings. The molecule has 0 amide bonds. The largest absolute Gasteiger partial charge is 0.353 e. The molecule has 1 aromatic carbocycles. The summed E-state index contributed by atoms with van der Waals surface area (Å²) in [5.74, 6) is 0. The average molecular weight is 271 g/mol. The van der Waals surface area contributed by atoms with Crippen molar-refractivity contribution in [2.75, 3.05) is 6.61 Å². The number of ether oxygens (including phenoxy) is 2. The SMILES string of the molecule is Brc1cccc(CO[C@H]2CCCCO2)c1. The minimum atomic E-state index is -0.00210. The molecular weight excluding hydrogens is 256 g/mol. The third-order valence-electron chi connectivity index (χ3n) is 2.46. The molecule has 1 aromatic rings. The van der Waals surface area contributed by atoms with Gasteiger partial charge in [0.1, 0.15) is 0 Å². The molecule has 1 fully saturated rings. The number of halogens is 1. The van der Waals surface area contributed by atoms with Crippen LogP contribution in [0, 0.1) is 0 Å². The lowest BCUT2D eigenvalue weighted by Gasteiger charge is -2.22. The quantitative estimate of drug-likeness (QED) is 0.837. The van der Waals surface area contributed by atoms with E-state index in [2.05, 4.69) is 28.1 Å².